The summed E-state index contributed by atoms with van der Waals surface area (Å²) in [6, 6.07) is 0. The van der Waals surface area contributed by atoms with Crippen molar-refractivity contribution in [2.24, 2.45) is 0 Å². The molecule has 6 heteroatoms. The molecule has 0 aliphatic carbocycles. The van der Waals surface area contributed by atoms with Crippen molar-refractivity contribution in [2.45, 2.75) is 13.3 Å². The lowest BCUT2D eigenvalue weighted by Gasteiger charge is -2.20. The number of carbonyl (C=O) groups is 1. The van der Waals surface area contributed by atoms with E-state index in [9.17, 15) is 4.79 Å². The fourth-order valence-corrected chi connectivity index (χ4v) is 2.37. The Morgan fingerprint density at radius 3 is 2.65 bits per heavy atom. The first kappa shape index (κ1) is 13.9. The molecule has 0 spiro atoms. The second kappa shape index (κ2) is 6.56. The fraction of sp³-hybridized carbons (Fsp3) is 0.636. The Kier molecular flexibility index (Phi) is 5.37. The van der Waals surface area contributed by atoms with Crippen LogP contribution in [0.5, 0.6) is 0 Å². The Bertz CT molecular complexity index is 365. The van der Waals surface area contributed by atoms with Crippen LogP contribution in [-0.4, -0.2) is 54.7 Å². The van der Waals surface area contributed by atoms with Crippen LogP contribution in [0.3, 0.4) is 0 Å². The third kappa shape index (κ3) is 4.32. The number of carboxylic acids is 1. The van der Waals surface area contributed by atoms with E-state index in [0.29, 0.717) is 0 Å². The van der Waals surface area contributed by atoms with Crippen molar-refractivity contribution in [1.82, 2.24) is 9.88 Å². The largest absolute Gasteiger partial charge is 0.476 e. The van der Waals surface area contributed by atoms with Gasteiger partial charge >= 0.3 is 5.97 Å². The lowest BCUT2D eigenvalue weighted by Crippen LogP contribution is -2.27. The van der Waals surface area contributed by atoms with Gasteiger partial charge in [-0.3, -0.25) is 0 Å². The molecule has 1 N–H and O–H groups in total. The van der Waals surface area contributed by atoms with Crippen molar-refractivity contribution in [2.75, 3.05) is 38.6 Å². The molecule has 0 aromatic carbocycles. The molecule has 0 saturated carbocycles. The molecule has 1 rings (SSSR count). The van der Waals surface area contributed by atoms with Crippen LogP contribution in [0.4, 0.5) is 5.13 Å². The highest BCUT2D eigenvalue weighted by atomic mass is 32.1. The normalized spacial score (nSPS) is 10.8. The molecule has 0 radical (unpaired) electrons. The third-order valence-corrected chi connectivity index (χ3v) is 3.30. The summed E-state index contributed by atoms with van der Waals surface area (Å²) in [5.74, 6) is -0.961. The van der Waals surface area contributed by atoms with Gasteiger partial charge in [0.15, 0.2) is 10.8 Å². The Hall–Kier alpha value is -1.14. The van der Waals surface area contributed by atoms with E-state index >= 15 is 0 Å². The molecule has 0 amide bonds. The van der Waals surface area contributed by atoms with E-state index in [2.05, 4.69) is 21.7 Å². The maximum Gasteiger partial charge on any atom is 0.355 e. The molecule has 1 aromatic heterocycles. The monoisotopic (exact) mass is 257 g/mol. The van der Waals surface area contributed by atoms with Gasteiger partial charge in [0.1, 0.15) is 0 Å². The van der Waals surface area contributed by atoms with Gasteiger partial charge in [-0.05, 0) is 34.0 Å². The Balaban J connectivity index is 2.56. The molecular formula is C11H19N3O2S. The second-order valence-electron chi connectivity index (χ2n) is 4.06. The summed E-state index contributed by atoms with van der Waals surface area (Å²) in [7, 11) is 4.09. The number of carboxylic acid groups (broad SMARTS) is 1. The quantitative estimate of drug-likeness (QED) is 0.804. The van der Waals surface area contributed by atoms with Crippen molar-refractivity contribution in [3.63, 3.8) is 0 Å². The number of rotatable bonds is 7. The molecule has 1 aromatic rings. The zero-order chi connectivity index (χ0) is 12.8. The van der Waals surface area contributed by atoms with Crippen LogP contribution < -0.4 is 4.90 Å². The summed E-state index contributed by atoms with van der Waals surface area (Å²) in [4.78, 5) is 19.1. The van der Waals surface area contributed by atoms with Gasteiger partial charge in [-0.25, -0.2) is 9.78 Å². The highest BCUT2D eigenvalue weighted by Gasteiger charge is 2.12. The minimum Gasteiger partial charge on any atom is -0.476 e. The summed E-state index contributed by atoms with van der Waals surface area (Å²) in [5.41, 5.74) is 0.135. The molecule has 0 aliphatic rings. The molecule has 0 aliphatic heterocycles. The number of nitrogens with zero attached hydrogens (tertiary/aromatic N) is 3. The minimum atomic E-state index is -0.961. The fourth-order valence-electron chi connectivity index (χ4n) is 1.47. The smallest absolute Gasteiger partial charge is 0.355 e. The zero-order valence-corrected chi connectivity index (χ0v) is 11.3. The number of thiazole rings is 1. The summed E-state index contributed by atoms with van der Waals surface area (Å²) in [6.07, 6.45) is 1.04. The summed E-state index contributed by atoms with van der Waals surface area (Å²) < 4.78 is 0. The van der Waals surface area contributed by atoms with E-state index in [4.69, 9.17) is 5.11 Å². The topological polar surface area (TPSA) is 56.7 Å². The lowest BCUT2D eigenvalue weighted by molar-refractivity contribution is 0.0691. The number of hydrogen-bond donors (Lipinski definition) is 1. The number of aromatic nitrogens is 1. The molecule has 5 nitrogen and oxygen atoms in total. The highest BCUT2D eigenvalue weighted by Crippen LogP contribution is 2.20. The first-order chi connectivity index (χ1) is 8.04. The average Bonchev–Trinajstić information content (AvgIpc) is 2.73. The molecule has 0 atom stereocenters. The summed E-state index contributed by atoms with van der Waals surface area (Å²) in [6.45, 7) is 4.83. The van der Waals surface area contributed by atoms with Crippen LogP contribution in [-0.2, 0) is 0 Å². The minimum absolute atomic E-state index is 0.135. The van der Waals surface area contributed by atoms with E-state index in [0.717, 1.165) is 31.2 Å². The first-order valence-corrected chi connectivity index (χ1v) is 6.51. The maximum absolute atomic E-state index is 10.7. The van der Waals surface area contributed by atoms with Crippen molar-refractivity contribution in [1.29, 1.82) is 0 Å². The molecule has 0 unspecified atom stereocenters. The molecule has 0 bridgehead atoms. The molecule has 1 heterocycles. The van der Waals surface area contributed by atoms with E-state index in [1.165, 1.54) is 11.3 Å². The molecular weight excluding hydrogens is 238 g/mol. The zero-order valence-electron chi connectivity index (χ0n) is 10.5. The van der Waals surface area contributed by atoms with Crippen LogP contribution in [0, 0.1) is 0 Å². The number of hydrogen-bond acceptors (Lipinski definition) is 5. The Morgan fingerprint density at radius 1 is 1.47 bits per heavy atom. The van der Waals surface area contributed by atoms with Gasteiger partial charge in [0, 0.05) is 18.5 Å². The highest BCUT2D eigenvalue weighted by molar-refractivity contribution is 7.13. The van der Waals surface area contributed by atoms with E-state index in [1.807, 2.05) is 14.1 Å². The standard InChI is InChI=1S/C11H19N3O2S/c1-4-14(7-5-6-13(2)3)11-12-9(8-17-11)10(15)16/h8H,4-7H2,1-3H3,(H,15,16). The van der Waals surface area contributed by atoms with Gasteiger partial charge in [-0.2, -0.15) is 0 Å². The third-order valence-electron chi connectivity index (χ3n) is 2.40. The number of aromatic carboxylic acids is 1. The number of anilines is 1. The molecule has 0 saturated heterocycles. The van der Waals surface area contributed by atoms with E-state index in [1.54, 1.807) is 5.38 Å². The van der Waals surface area contributed by atoms with Gasteiger partial charge < -0.3 is 14.9 Å². The van der Waals surface area contributed by atoms with Gasteiger partial charge in [0.2, 0.25) is 0 Å². The first-order valence-electron chi connectivity index (χ1n) is 5.63. The Morgan fingerprint density at radius 2 is 2.18 bits per heavy atom. The van der Waals surface area contributed by atoms with E-state index in [-0.39, 0.29) is 5.69 Å². The molecule has 96 valence electrons. The SMILES string of the molecule is CCN(CCCN(C)C)c1nc(C(=O)O)cs1. The maximum atomic E-state index is 10.7. The van der Waals surface area contributed by atoms with Crippen molar-refractivity contribution in [3.05, 3.63) is 11.1 Å². The Labute approximate surface area is 106 Å². The van der Waals surface area contributed by atoms with Gasteiger partial charge in [-0.1, -0.05) is 0 Å². The van der Waals surface area contributed by atoms with Gasteiger partial charge in [0.05, 0.1) is 0 Å². The summed E-state index contributed by atoms with van der Waals surface area (Å²) >= 11 is 1.39. The predicted octanol–water partition coefficient (Wildman–Crippen LogP) is 1.62. The molecule has 17 heavy (non-hydrogen) atoms. The van der Waals surface area contributed by atoms with Crippen LogP contribution in [0.1, 0.15) is 23.8 Å². The van der Waals surface area contributed by atoms with Crippen LogP contribution >= 0.6 is 11.3 Å². The van der Waals surface area contributed by atoms with Gasteiger partial charge in [0.25, 0.3) is 0 Å². The average molecular weight is 257 g/mol. The van der Waals surface area contributed by atoms with Crippen molar-refractivity contribution >= 4 is 22.4 Å². The second-order valence-corrected chi connectivity index (χ2v) is 4.89. The van der Waals surface area contributed by atoms with Crippen LogP contribution in [0.25, 0.3) is 0 Å². The molecule has 0 fully saturated rings. The summed E-state index contributed by atoms with van der Waals surface area (Å²) in [5, 5.41) is 11.2. The van der Waals surface area contributed by atoms with Gasteiger partial charge in [-0.15, -0.1) is 11.3 Å². The van der Waals surface area contributed by atoms with E-state index < -0.39 is 5.97 Å². The van der Waals surface area contributed by atoms with Crippen molar-refractivity contribution < 1.29 is 9.90 Å². The predicted molar refractivity (Wildman–Crippen MR) is 70.1 cm³/mol. The lowest BCUT2D eigenvalue weighted by atomic mass is 10.4. The van der Waals surface area contributed by atoms with Crippen LogP contribution in [0.15, 0.2) is 5.38 Å². The van der Waals surface area contributed by atoms with Crippen LogP contribution in [0.2, 0.25) is 0 Å². The van der Waals surface area contributed by atoms with Crippen molar-refractivity contribution in [3.8, 4) is 0 Å².